The number of ketones is 1. The van der Waals surface area contributed by atoms with Gasteiger partial charge in [-0.15, -0.1) is 0 Å². The van der Waals surface area contributed by atoms with Crippen LogP contribution in [0.4, 0.5) is 11.4 Å². The van der Waals surface area contributed by atoms with Crippen molar-refractivity contribution >= 4 is 46.3 Å². The summed E-state index contributed by atoms with van der Waals surface area (Å²) in [6.45, 7) is 4.00. The van der Waals surface area contributed by atoms with E-state index in [1.165, 1.54) is 12.1 Å². The summed E-state index contributed by atoms with van der Waals surface area (Å²) in [6.07, 6.45) is 0.980. The molecule has 31 heavy (non-hydrogen) atoms. The normalized spacial score (nSPS) is 20.6. The predicted molar refractivity (Wildman–Crippen MR) is 119 cm³/mol. The van der Waals surface area contributed by atoms with E-state index in [4.69, 9.17) is 23.2 Å². The maximum absolute atomic E-state index is 13.3. The summed E-state index contributed by atoms with van der Waals surface area (Å²) in [6, 6.07) is 11.0. The smallest absolute Gasteiger partial charge is 0.269 e. The van der Waals surface area contributed by atoms with Gasteiger partial charge in [0.2, 0.25) is 5.91 Å². The fraction of sp³-hybridized carbons (Fsp3) is 0.304. The Balaban J connectivity index is 1.88. The SMILES string of the molecule is CC1(C)CC(=O)C2=C(C1)N(c1cc(Cl)cc(Cl)c1)C(=O)CC2c1ccc([N+](=O)[O-])cc1. The quantitative estimate of drug-likeness (QED) is 0.413. The van der Waals surface area contributed by atoms with Gasteiger partial charge in [0.1, 0.15) is 0 Å². The number of allylic oxidation sites excluding steroid dienone is 2. The lowest BCUT2D eigenvalue weighted by molar-refractivity contribution is -0.384. The van der Waals surface area contributed by atoms with Crippen molar-refractivity contribution in [3.63, 3.8) is 0 Å². The second-order valence-electron chi connectivity index (χ2n) is 8.76. The maximum atomic E-state index is 13.3. The third-order valence-electron chi connectivity index (χ3n) is 5.75. The van der Waals surface area contributed by atoms with E-state index in [1.807, 2.05) is 13.8 Å². The molecule has 0 saturated carbocycles. The van der Waals surface area contributed by atoms with Gasteiger partial charge in [0.05, 0.1) is 10.6 Å². The van der Waals surface area contributed by atoms with E-state index in [1.54, 1.807) is 35.2 Å². The number of nitrogens with zero attached hydrogens (tertiary/aromatic N) is 2. The van der Waals surface area contributed by atoms with Gasteiger partial charge in [-0.1, -0.05) is 49.2 Å². The summed E-state index contributed by atoms with van der Waals surface area (Å²) in [5.74, 6) is -0.635. The summed E-state index contributed by atoms with van der Waals surface area (Å²) in [5, 5.41) is 11.8. The van der Waals surface area contributed by atoms with E-state index in [0.717, 1.165) is 0 Å². The lowest BCUT2D eigenvalue weighted by Crippen LogP contribution is -2.43. The molecule has 0 radical (unpaired) electrons. The van der Waals surface area contributed by atoms with Crippen LogP contribution in [0.1, 0.15) is 44.6 Å². The van der Waals surface area contributed by atoms with Crippen LogP contribution >= 0.6 is 23.2 Å². The zero-order valence-corrected chi connectivity index (χ0v) is 18.5. The van der Waals surface area contributed by atoms with E-state index in [-0.39, 0.29) is 29.2 Å². The van der Waals surface area contributed by atoms with Crippen LogP contribution in [-0.4, -0.2) is 16.6 Å². The second-order valence-corrected chi connectivity index (χ2v) is 9.64. The summed E-state index contributed by atoms with van der Waals surface area (Å²) >= 11 is 12.4. The molecule has 4 rings (SSSR count). The average molecular weight is 459 g/mol. The van der Waals surface area contributed by atoms with E-state index < -0.39 is 10.8 Å². The minimum atomic E-state index is -0.473. The van der Waals surface area contributed by atoms with Gasteiger partial charge >= 0.3 is 0 Å². The van der Waals surface area contributed by atoms with Crippen molar-refractivity contribution in [2.75, 3.05) is 4.90 Å². The largest absolute Gasteiger partial charge is 0.294 e. The highest BCUT2D eigenvalue weighted by Gasteiger charge is 2.44. The molecule has 1 aliphatic heterocycles. The number of hydrogen-bond donors (Lipinski definition) is 0. The molecule has 1 amide bonds. The third kappa shape index (κ3) is 4.10. The predicted octanol–water partition coefficient (Wildman–Crippen LogP) is 6.07. The molecule has 0 spiro atoms. The van der Waals surface area contributed by atoms with Crippen molar-refractivity contribution in [3.8, 4) is 0 Å². The first-order valence-electron chi connectivity index (χ1n) is 9.85. The van der Waals surface area contributed by atoms with E-state index in [2.05, 4.69) is 0 Å². The number of hydrogen-bond acceptors (Lipinski definition) is 4. The fourth-order valence-electron chi connectivity index (χ4n) is 4.50. The van der Waals surface area contributed by atoms with Crippen molar-refractivity contribution in [2.24, 2.45) is 5.41 Å². The van der Waals surface area contributed by atoms with Crippen LogP contribution in [0.2, 0.25) is 10.0 Å². The zero-order valence-electron chi connectivity index (χ0n) is 17.0. The molecule has 2 aromatic carbocycles. The molecule has 1 unspecified atom stereocenters. The van der Waals surface area contributed by atoms with Crippen molar-refractivity contribution in [3.05, 3.63) is 79.5 Å². The highest BCUT2D eigenvalue weighted by molar-refractivity contribution is 6.35. The lowest BCUT2D eigenvalue weighted by Gasteiger charge is -2.43. The van der Waals surface area contributed by atoms with Gasteiger partial charge in [-0.25, -0.2) is 0 Å². The van der Waals surface area contributed by atoms with Gasteiger partial charge in [0, 0.05) is 52.2 Å². The van der Waals surface area contributed by atoms with Crippen LogP contribution in [0.5, 0.6) is 0 Å². The molecule has 2 aliphatic rings. The molecule has 0 aromatic heterocycles. The highest BCUT2D eigenvalue weighted by atomic mass is 35.5. The molecule has 0 N–H and O–H groups in total. The van der Waals surface area contributed by atoms with Crippen molar-refractivity contribution in [1.82, 2.24) is 0 Å². The van der Waals surface area contributed by atoms with Gasteiger partial charge < -0.3 is 0 Å². The van der Waals surface area contributed by atoms with Gasteiger partial charge in [0.25, 0.3) is 5.69 Å². The van der Waals surface area contributed by atoms with E-state index in [9.17, 15) is 19.7 Å². The Bertz CT molecular complexity index is 1120. The second kappa shape index (κ2) is 7.77. The topological polar surface area (TPSA) is 80.5 Å². The zero-order chi connectivity index (χ0) is 22.5. The van der Waals surface area contributed by atoms with Crippen LogP contribution in [0.25, 0.3) is 0 Å². The van der Waals surface area contributed by atoms with Gasteiger partial charge in [0.15, 0.2) is 5.78 Å². The minimum Gasteiger partial charge on any atom is -0.294 e. The molecule has 1 atom stereocenters. The number of non-ortho nitro benzene ring substituents is 1. The highest BCUT2D eigenvalue weighted by Crippen LogP contribution is 2.48. The number of benzene rings is 2. The average Bonchev–Trinajstić information content (AvgIpc) is 2.65. The van der Waals surface area contributed by atoms with Gasteiger partial charge in [-0.05, 0) is 35.6 Å². The number of amides is 1. The molecule has 2 aromatic rings. The first-order valence-corrected chi connectivity index (χ1v) is 10.6. The van der Waals surface area contributed by atoms with E-state index in [0.29, 0.717) is 45.4 Å². The Morgan fingerprint density at radius 3 is 2.23 bits per heavy atom. The molecule has 160 valence electrons. The molecule has 6 nitrogen and oxygen atoms in total. The maximum Gasteiger partial charge on any atom is 0.269 e. The number of halogens is 2. The Morgan fingerprint density at radius 1 is 1.03 bits per heavy atom. The monoisotopic (exact) mass is 458 g/mol. The summed E-state index contributed by atoms with van der Waals surface area (Å²) in [4.78, 5) is 38.7. The molecule has 1 aliphatic carbocycles. The van der Waals surface area contributed by atoms with Crippen molar-refractivity contribution in [1.29, 1.82) is 0 Å². The number of carbonyl (C=O) groups is 2. The van der Waals surface area contributed by atoms with Crippen LogP contribution in [-0.2, 0) is 9.59 Å². The van der Waals surface area contributed by atoms with Crippen LogP contribution in [0, 0.1) is 15.5 Å². The number of anilines is 1. The molecule has 0 fully saturated rings. The Hall–Kier alpha value is -2.70. The third-order valence-corrected chi connectivity index (χ3v) is 6.19. The van der Waals surface area contributed by atoms with Gasteiger partial charge in [-0.2, -0.15) is 0 Å². The number of rotatable bonds is 3. The first kappa shape index (κ1) is 21.5. The molecular weight excluding hydrogens is 439 g/mol. The summed E-state index contributed by atoms with van der Waals surface area (Å²) < 4.78 is 0. The number of nitro groups is 1. The first-order chi connectivity index (χ1) is 14.6. The lowest BCUT2D eigenvalue weighted by atomic mass is 9.69. The summed E-state index contributed by atoms with van der Waals surface area (Å²) in [7, 11) is 0. The number of carbonyl (C=O) groups excluding carboxylic acids is 2. The standard InChI is InChI=1S/C23H20Cl2N2O4/c1-23(2)11-19-22(20(28)12-23)18(13-3-5-16(6-4-13)27(30)31)10-21(29)26(19)17-8-14(24)7-15(25)9-17/h3-9,18H,10-12H2,1-2H3. The summed E-state index contributed by atoms with van der Waals surface area (Å²) in [5.41, 5.74) is 2.13. The molecule has 8 heteroatoms. The fourth-order valence-corrected chi connectivity index (χ4v) is 5.01. The molecule has 0 bridgehead atoms. The Kier molecular flexibility index (Phi) is 5.40. The van der Waals surface area contributed by atoms with E-state index >= 15 is 0 Å². The van der Waals surface area contributed by atoms with Crippen LogP contribution in [0.3, 0.4) is 0 Å². The minimum absolute atomic E-state index is 0.0137. The number of nitro benzene ring substituents is 1. The van der Waals surface area contributed by atoms with Crippen LogP contribution < -0.4 is 4.90 Å². The Morgan fingerprint density at radius 2 is 1.65 bits per heavy atom. The molecule has 0 saturated heterocycles. The van der Waals surface area contributed by atoms with Crippen molar-refractivity contribution < 1.29 is 14.5 Å². The molecular formula is C23H20Cl2N2O4. The van der Waals surface area contributed by atoms with Gasteiger partial charge in [-0.3, -0.25) is 24.6 Å². The number of Topliss-reactive ketones (excluding diaryl/α,β-unsaturated/α-hetero) is 1. The molecule has 1 heterocycles. The van der Waals surface area contributed by atoms with Crippen LogP contribution in [0.15, 0.2) is 53.7 Å². The Labute approximate surface area is 189 Å². The van der Waals surface area contributed by atoms with Crippen molar-refractivity contribution in [2.45, 2.75) is 39.0 Å².